The van der Waals surface area contributed by atoms with Crippen molar-refractivity contribution in [3.63, 3.8) is 0 Å². The first-order valence-corrected chi connectivity index (χ1v) is 12.4. The molecule has 1 rings (SSSR count). The highest BCUT2D eigenvalue weighted by molar-refractivity contribution is 7.86. The Labute approximate surface area is 168 Å². The Balaban J connectivity index is 1.91. The molecule has 0 N–H and O–H groups in total. The Kier molecular flexibility index (Phi) is 13.5. The lowest BCUT2D eigenvalue weighted by atomic mass is 10.0. The zero-order chi connectivity index (χ0) is 19.8. The molecular weight excluding hydrogens is 356 g/mol. The number of aryl methyl sites for hydroxylation is 1. The van der Waals surface area contributed by atoms with E-state index >= 15 is 0 Å². The third kappa shape index (κ3) is 12.2. The van der Waals surface area contributed by atoms with Gasteiger partial charge >= 0.3 is 0 Å². The number of rotatable bonds is 17. The molecule has 0 saturated heterocycles. The fourth-order valence-electron chi connectivity index (χ4n) is 3.24. The molecule has 0 aliphatic carbocycles. The van der Waals surface area contributed by atoms with Gasteiger partial charge in [-0.15, -0.1) is 0 Å². The summed E-state index contributed by atoms with van der Waals surface area (Å²) in [6, 6.07) is 6.80. The maximum atomic E-state index is 12.1. The molecule has 0 aliphatic heterocycles. The molecule has 1 aromatic rings. The SMILES string of the molecule is CCCCCCCCCCCCCCCCOS(=O)(=O)c1ccc(C)cc1. The highest BCUT2D eigenvalue weighted by Crippen LogP contribution is 2.15. The standard InChI is InChI=1S/C23H40O3S/c1-3-4-5-6-7-8-9-10-11-12-13-14-15-16-21-26-27(24,25)23-19-17-22(2)18-20-23/h17-20H,3-16,21H2,1-2H3. The summed E-state index contributed by atoms with van der Waals surface area (Å²) in [7, 11) is -3.59. The van der Waals surface area contributed by atoms with Crippen LogP contribution in [0, 0.1) is 6.92 Å². The molecule has 1 aromatic carbocycles. The number of hydrogen-bond acceptors (Lipinski definition) is 3. The Bertz CT molecular complexity index is 564. The molecule has 0 spiro atoms. The Morgan fingerprint density at radius 2 is 1.07 bits per heavy atom. The van der Waals surface area contributed by atoms with Crippen LogP contribution in [0.15, 0.2) is 29.2 Å². The quantitative estimate of drug-likeness (QED) is 0.207. The van der Waals surface area contributed by atoms with E-state index in [-0.39, 0.29) is 11.5 Å². The number of unbranched alkanes of at least 4 members (excludes halogenated alkanes) is 13. The lowest BCUT2D eigenvalue weighted by Gasteiger charge is -2.06. The average molecular weight is 397 g/mol. The van der Waals surface area contributed by atoms with Crippen molar-refractivity contribution in [1.82, 2.24) is 0 Å². The van der Waals surface area contributed by atoms with E-state index in [0.717, 1.165) is 18.4 Å². The fraction of sp³-hybridized carbons (Fsp3) is 0.739. The largest absolute Gasteiger partial charge is 0.296 e. The van der Waals surface area contributed by atoms with Crippen molar-refractivity contribution in [3.05, 3.63) is 29.8 Å². The predicted molar refractivity (Wildman–Crippen MR) is 115 cm³/mol. The molecule has 4 heteroatoms. The molecule has 0 aromatic heterocycles. The summed E-state index contributed by atoms with van der Waals surface area (Å²) >= 11 is 0. The smallest absolute Gasteiger partial charge is 0.266 e. The van der Waals surface area contributed by atoms with Crippen LogP contribution in [0.5, 0.6) is 0 Å². The van der Waals surface area contributed by atoms with E-state index in [2.05, 4.69) is 6.92 Å². The Hall–Kier alpha value is -0.870. The molecule has 0 fully saturated rings. The van der Waals surface area contributed by atoms with E-state index in [9.17, 15) is 8.42 Å². The van der Waals surface area contributed by atoms with Gasteiger partial charge in [0.2, 0.25) is 0 Å². The topological polar surface area (TPSA) is 43.4 Å². The summed E-state index contributed by atoms with van der Waals surface area (Å²) in [6.07, 6.45) is 18.0. The number of benzene rings is 1. The molecule has 0 amide bonds. The van der Waals surface area contributed by atoms with Gasteiger partial charge in [-0.05, 0) is 25.5 Å². The zero-order valence-corrected chi connectivity index (χ0v) is 18.4. The van der Waals surface area contributed by atoms with Crippen molar-refractivity contribution in [2.45, 2.75) is 109 Å². The molecule has 3 nitrogen and oxygen atoms in total. The van der Waals surface area contributed by atoms with E-state index in [0.29, 0.717) is 0 Å². The molecule has 27 heavy (non-hydrogen) atoms. The van der Waals surface area contributed by atoms with Gasteiger partial charge in [0.1, 0.15) is 0 Å². The lowest BCUT2D eigenvalue weighted by Crippen LogP contribution is -2.07. The molecule has 0 saturated carbocycles. The monoisotopic (exact) mass is 396 g/mol. The van der Waals surface area contributed by atoms with Crippen molar-refractivity contribution in [2.24, 2.45) is 0 Å². The van der Waals surface area contributed by atoms with Gasteiger partial charge < -0.3 is 0 Å². The van der Waals surface area contributed by atoms with Crippen molar-refractivity contribution >= 4 is 10.1 Å². The van der Waals surface area contributed by atoms with Gasteiger partial charge in [-0.25, -0.2) is 0 Å². The molecule has 0 radical (unpaired) electrons. The molecule has 0 bridgehead atoms. The summed E-state index contributed by atoms with van der Waals surface area (Å²) in [4.78, 5) is 0.249. The van der Waals surface area contributed by atoms with E-state index in [1.807, 2.05) is 6.92 Å². The van der Waals surface area contributed by atoms with Gasteiger partial charge in [0.05, 0.1) is 11.5 Å². The number of hydrogen-bond donors (Lipinski definition) is 0. The minimum Gasteiger partial charge on any atom is -0.266 e. The first-order valence-electron chi connectivity index (χ1n) is 11.0. The first kappa shape index (κ1) is 24.2. The molecule has 0 unspecified atom stereocenters. The molecule has 0 aliphatic rings. The predicted octanol–water partition coefficient (Wildman–Crippen LogP) is 7.18. The van der Waals surface area contributed by atoms with E-state index in [1.54, 1.807) is 24.3 Å². The summed E-state index contributed by atoms with van der Waals surface area (Å²) in [6.45, 7) is 4.49. The van der Waals surface area contributed by atoms with Crippen molar-refractivity contribution < 1.29 is 12.6 Å². The van der Waals surface area contributed by atoms with Crippen LogP contribution in [0.4, 0.5) is 0 Å². The van der Waals surface area contributed by atoms with Gasteiger partial charge in [0, 0.05) is 0 Å². The minimum atomic E-state index is -3.59. The van der Waals surface area contributed by atoms with Gasteiger partial charge in [-0.1, -0.05) is 108 Å². The molecule has 156 valence electrons. The summed E-state index contributed by atoms with van der Waals surface area (Å²) in [5, 5.41) is 0. The van der Waals surface area contributed by atoms with E-state index in [1.165, 1.54) is 77.0 Å². The van der Waals surface area contributed by atoms with Gasteiger partial charge in [0.15, 0.2) is 0 Å². The second kappa shape index (κ2) is 15.1. The second-order valence-corrected chi connectivity index (χ2v) is 9.30. The maximum absolute atomic E-state index is 12.1. The summed E-state index contributed by atoms with van der Waals surface area (Å²) < 4.78 is 29.2. The van der Waals surface area contributed by atoms with Crippen molar-refractivity contribution in [1.29, 1.82) is 0 Å². The van der Waals surface area contributed by atoms with Gasteiger partial charge in [-0.3, -0.25) is 4.18 Å². The minimum absolute atomic E-state index is 0.249. The maximum Gasteiger partial charge on any atom is 0.296 e. The van der Waals surface area contributed by atoms with Crippen LogP contribution >= 0.6 is 0 Å². The normalized spacial score (nSPS) is 11.8. The van der Waals surface area contributed by atoms with Crippen LogP contribution in [0.3, 0.4) is 0 Å². The average Bonchev–Trinajstić information content (AvgIpc) is 2.65. The highest BCUT2D eigenvalue weighted by atomic mass is 32.2. The van der Waals surface area contributed by atoms with Crippen LogP contribution in [-0.4, -0.2) is 15.0 Å². The zero-order valence-electron chi connectivity index (χ0n) is 17.5. The Morgan fingerprint density at radius 3 is 1.52 bits per heavy atom. The Morgan fingerprint density at radius 1 is 0.667 bits per heavy atom. The molecule has 0 heterocycles. The third-order valence-electron chi connectivity index (χ3n) is 5.05. The fourth-order valence-corrected chi connectivity index (χ4v) is 4.18. The van der Waals surface area contributed by atoms with E-state index in [4.69, 9.17) is 4.18 Å². The molecule has 0 atom stereocenters. The van der Waals surface area contributed by atoms with Crippen LogP contribution < -0.4 is 0 Å². The highest BCUT2D eigenvalue weighted by Gasteiger charge is 2.14. The molecular formula is C23H40O3S. The summed E-state index contributed by atoms with van der Waals surface area (Å²) in [5.41, 5.74) is 1.04. The third-order valence-corrected chi connectivity index (χ3v) is 6.37. The lowest BCUT2D eigenvalue weighted by molar-refractivity contribution is 0.306. The summed E-state index contributed by atoms with van der Waals surface area (Å²) in [5.74, 6) is 0. The van der Waals surface area contributed by atoms with Gasteiger partial charge in [0.25, 0.3) is 10.1 Å². The van der Waals surface area contributed by atoms with Crippen LogP contribution in [0.1, 0.15) is 102 Å². The van der Waals surface area contributed by atoms with Crippen molar-refractivity contribution in [2.75, 3.05) is 6.61 Å². The first-order chi connectivity index (χ1) is 13.1. The van der Waals surface area contributed by atoms with E-state index < -0.39 is 10.1 Å². The van der Waals surface area contributed by atoms with Crippen molar-refractivity contribution in [3.8, 4) is 0 Å². The van der Waals surface area contributed by atoms with Crippen LogP contribution in [0.25, 0.3) is 0 Å². The van der Waals surface area contributed by atoms with Gasteiger partial charge in [-0.2, -0.15) is 8.42 Å². The second-order valence-electron chi connectivity index (χ2n) is 7.69. The van der Waals surface area contributed by atoms with Crippen LogP contribution in [-0.2, 0) is 14.3 Å². The van der Waals surface area contributed by atoms with Crippen LogP contribution in [0.2, 0.25) is 0 Å².